The summed E-state index contributed by atoms with van der Waals surface area (Å²) in [5, 5.41) is 7.79. The molecule has 1 spiro atoms. The van der Waals surface area contributed by atoms with E-state index in [1.807, 2.05) is 62.4 Å². The monoisotopic (exact) mass is 551 g/mol. The second kappa shape index (κ2) is 10.4. The van der Waals surface area contributed by atoms with Crippen molar-refractivity contribution >= 4 is 29.2 Å². The average Bonchev–Trinajstić information content (AvgIpc) is 3.15. The molecule has 1 aliphatic carbocycles. The smallest absolute Gasteiger partial charge is 0.205 e. The highest BCUT2D eigenvalue weighted by atomic mass is 32.1. The first-order chi connectivity index (χ1) is 18.8. The molecule has 0 amide bonds. The van der Waals surface area contributed by atoms with E-state index in [1.54, 1.807) is 6.21 Å². The molecule has 4 heterocycles. The molecule has 208 valence electrons. The number of nitrogens with one attached hydrogen (secondary N) is 2. The molecule has 2 N–H and O–H groups in total. The van der Waals surface area contributed by atoms with Crippen molar-refractivity contribution in [1.82, 2.24) is 5.43 Å². The lowest BCUT2D eigenvalue weighted by atomic mass is 9.58. The number of hydrogen-bond acceptors (Lipinski definition) is 7. The van der Waals surface area contributed by atoms with Gasteiger partial charge in [0.05, 0.1) is 6.21 Å². The fourth-order valence-corrected chi connectivity index (χ4v) is 6.91. The summed E-state index contributed by atoms with van der Waals surface area (Å²) in [6.07, 6.45) is 4.74. The van der Waals surface area contributed by atoms with Crippen LogP contribution < -0.4 is 15.5 Å². The van der Waals surface area contributed by atoms with Crippen molar-refractivity contribution in [3.05, 3.63) is 59.7 Å². The lowest BCUT2D eigenvalue weighted by Gasteiger charge is -2.60. The lowest BCUT2D eigenvalue weighted by molar-refractivity contribution is -0.575. The van der Waals surface area contributed by atoms with Crippen molar-refractivity contribution in [2.45, 2.75) is 77.3 Å². The number of rotatable bonds is 5. The van der Waals surface area contributed by atoms with Crippen LogP contribution in [0.25, 0.3) is 0 Å². The molecule has 39 heavy (non-hydrogen) atoms. The molecule has 9 heteroatoms. The van der Waals surface area contributed by atoms with Crippen LogP contribution in [0, 0.1) is 30.6 Å². The Bertz CT molecular complexity index is 1220. The maximum absolute atomic E-state index is 6.53. The molecule has 8 atom stereocenters. The van der Waals surface area contributed by atoms with Gasteiger partial charge < -0.3 is 19.5 Å². The Morgan fingerprint density at radius 3 is 2.56 bits per heavy atom. The van der Waals surface area contributed by atoms with Crippen molar-refractivity contribution in [1.29, 1.82) is 0 Å². The van der Waals surface area contributed by atoms with Crippen molar-refractivity contribution in [3.63, 3.8) is 0 Å². The normalized spacial score (nSPS) is 37.1. The predicted molar refractivity (Wildman–Crippen MR) is 152 cm³/mol. The zero-order valence-corrected chi connectivity index (χ0v) is 23.7. The van der Waals surface area contributed by atoms with Gasteiger partial charge in [0, 0.05) is 23.9 Å². The highest BCUT2D eigenvalue weighted by molar-refractivity contribution is 7.80. The summed E-state index contributed by atoms with van der Waals surface area (Å²) >= 11 is 5.32. The fraction of sp³-hybridized carbons (Fsp3) is 0.533. The van der Waals surface area contributed by atoms with Crippen molar-refractivity contribution in [2.75, 3.05) is 5.32 Å². The van der Waals surface area contributed by atoms with Crippen LogP contribution in [-0.4, -0.2) is 35.3 Å². The topological polar surface area (TPSA) is 82.6 Å². The molecule has 1 saturated carbocycles. The van der Waals surface area contributed by atoms with E-state index >= 15 is 0 Å². The molecule has 2 aromatic rings. The highest BCUT2D eigenvalue weighted by Gasteiger charge is 2.69. The zero-order valence-electron chi connectivity index (χ0n) is 22.9. The number of nitrogens with zero attached hydrogens (tertiary/aromatic N) is 1. The maximum atomic E-state index is 6.53. The SMILES string of the molecule is Cc1ccc(NC(=S)N/N=C/c2ccc(O[C@H]3OC4O[C@]5(C)CC[C@H]6[C@H](C)CC[C@@H]([C@H]3C)[C@@]46OO5)cc2)cc1. The van der Waals surface area contributed by atoms with Crippen molar-refractivity contribution in [3.8, 4) is 5.75 Å². The van der Waals surface area contributed by atoms with Gasteiger partial charge in [0.2, 0.25) is 12.1 Å². The summed E-state index contributed by atoms with van der Waals surface area (Å²) < 4.78 is 19.4. The van der Waals surface area contributed by atoms with Crippen LogP contribution in [0.15, 0.2) is 53.6 Å². The first kappa shape index (κ1) is 26.7. The predicted octanol–water partition coefficient (Wildman–Crippen LogP) is 5.90. The highest BCUT2D eigenvalue weighted by Crippen LogP contribution is 2.60. The Balaban J connectivity index is 1.09. The molecule has 0 radical (unpaired) electrons. The van der Waals surface area contributed by atoms with Crippen LogP contribution in [0.1, 0.15) is 57.6 Å². The van der Waals surface area contributed by atoms with E-state index in [9.17, 15) is 0 Å². The van der Waals surface area contributed by atoms with Gasteiger partial charge in [-0.1, -0.05) is 31.5 Å². The molecular weight excluding hydrogens is 514 g/mol. The minimum Gasteiger partial charge on any atom is -0.465 e. The zero-order chi connectivity index (χ0) is 27.2. The number of thiocarbonyl (C=S) groups is 1. The standard InChI is InChI=1S/C30H37N3O5S/c1-18-5-10-22(11-6-18)32-28(39)33-31-17-21-8-12-23(13-9-21)34-26-20(3)25-14-7-19(2)24-15-16-29(4)36-27(35-26)30(24,25)38-37-29/h5-6,8-13,17,19-20,24-27H,7,14-16H2,1-4H3,(H2,32,33,39)/b31-17+/t19-,20-,24+,25+,26+,27?,29+,30-/m1/s1. The Kier molecular flexibility index (Phi) is 7.14. The number of hydrogen-bond donors (Lipinski definition) is 2. The van der Waals surface area contributed by atoms with Gasteiger partial charge in [-0.05, 0) is 99.1 Å². The lowest BCUT2D eigenvalue weighted by Crippen LogP contribution is -2.70. The summed E-state index contributed by atoms with van der Waals surface area (Å²) in [7, 11) is 0. The Morgan fingerprint density at radius 2 is 1.79 bits per heavy atom. The van der Waals surface area contributed by atoms with E-state index in [0.29, 0.717) is 16.9 Å². The minimum absolute atomic E-state index is 0.110. The number of anilines is 1. The molecule has 0 aromatic heterocycles. The number of fused-ring (bicyclic) bond motifs is 2. The molecule has 2 bridgehead atoms. The molecule has 5 fully saturated rings. The third-order valence-corrected chi connectivity index (χ3v) is 9.11. The van der Waals surface area contributed by atoms with E-state index in [4.69, 9.17) is 36.2 Å². The summed E-state index contributed by atoms with van der Waals surface area (Å²) in [5.74, 6) is 1.13. The number of aryl methyl sites for hydroxylation is 1. The van der Waals surface area contributed by atoms with Crippen LogP contribution >= 0.6 is 12.2 Å². The minimum atomic E-state index is -0.796. The fourth-order valence-electron chi connectivity index (χ4n) is 6.73. The molecule has 2 aromatic carbocycles. The van der Waals surface area contributed by atoms with Crippen molar-refractivity contribution in [2.24, 2.45) is 28.8 Å². The molecule has 4 aliphatic heterocycles. The third kappa shape index (κ3) is 5.07. The van der Waals surface area contributed by atoms with E-state index in [1.165, 1.54) is 5.56 Å². The van der Waals surface area contributed by atoms with Crippen molar-refractivity contribution < 1.29 is 24.0 Å². The van der Waals surface area contributed by atoms with Gasteiger partial charge in [-0.25, -0.2) is 9.78 Å². The van der Waals surface area contributed by atoms with E-state index < -0.39 is 24.0 Å². The van der Waals surface area contributed by atoms with E-state index in [-0.39, 0.29) is 11.8 Å². The molecule has 8 nitrogen and oxygen atoms in total. The van der Waals surface area contributed by atoms with Gasteiger partial charge in [-0.3, -0.25) is 5.43 Å². The van der Waals surface area contributed by atoms with E-state index in [0.717, 1.165) is 42.7 Å². The summed E-state index contributed by atoms with van der Waals surface area (Å²) in [4.78, 5) is 12.1. The van der Waals surface area contributed by atoms with Gasteiger partial charge in [-0.15, -0.1) is 0 Å². The number of ether oxygens (including phenoxy) is 3. The van der Waals surface area contributed by atoms with Gasteiger partial charge in [0.25, 0.3) is 0 Å². The average molecular weight is 552 g/mol. The summed E-state index contributed by atoms with van der Waals surface area (Å²) in [6, 6.07) is 15.8. The van der Waals surface area contributed by atoms with Crippen LogP contribution in [0.2, 0.25) is 0 Å². The second-order valence-electron chi connectivity index (χ2n) is 11.7. The van der Waals surface area contributed by atoms with Gasteiger partial charge in [0.15, 0.2) is 17.0 Å². The second-order valence-corrected chi connectivity index (χ2v) is 12.1. The summed E-state index contributed by atoms with van der Waals surface area (Å²) in [6.45, 7) is 8.49. The Hall–Kier alpha value is -2.56. The molecular formula is C30H37N3O5S. The summed E-state index contributed by atoms with van der Waals surface area (Å²) in [5.41, 5.74) is 5.28. The third-order valence-electron chi connectivity index (χ3n) is 8.92. The number of hydrazone groups is 1. The first-order valence-electron chi connectivity index (χ1n) is 13.9. The Labute approximate surface area is 235 Å². The number of benzene rings is 2. The molecule has 4 saturated heterocycles. The van der Waals surface area contributed by atoms with Crippen LogP contribution in [0.5, 0.6) is 5.75 Å². The molecule has 7 rings (SSSR count). The van der Waals surface area contributed by atoms with Gasteiger partial charge in [0.1, 0.15) is 5.75 Å². The van der Waals surface area contributed by atoms with Crippen LogP contribution in [0.3, 0.4) is 0 Å². The first-order valence-corrected chi connectivity index (χ1v) is 14.3. The van der Waals surface area contributed by atoms with Crippen LogP contribution in [0.4, 0.5) is 5.69 Å². The quantitative estimate of drug-likeness (QED) is 0.206. The molecule has 1 unspecified atom stereocenters. The largest absolute Gasteiger partial charge is 0.465 e. The van der Waals surface area contributed by atoms with Crippen LogP contribution in [-0.2, 0) is 19.2 Å². The maximum Gasteiger partial charge on any atom is 0.205 e. The van der Waals surface area contributed by atoms with E-state index in [2.05, 4.69) is 29.7 Å². The van der Waals surface area contributed by atoms with Gasteiger partial charge >= 0.3 is 0 Å². The molecule has 5 aliphatic rings. The van der Waals surface area contributed by atoms with Gasteiger partial charge in [-0.2, -0.15) is 5.10 Å². The Morgan fingerprint density at radius 1 is 1.03 bits per heavy atom.